The van der Waals surface area contributed by atoms with E-state index in [9.17, 15) is 8.78 Å². The molecule has 0 fully saturated rings. The lowest BCUT2D eigenvalue weighted by atomic mass is 9.96. The molecule has 1 N–H and O–H groups in total. The summed E-state index contributed by atoms with van der Waals surface area (Å²) in [5, 5.41) is 0. The third kappa shape index (κ3) is 1.72. The normalized spacial score (nSPS) is 15.8. The SMILES string of the molecule is CC(C)c1ccc2c(c1)C(F)(F)c1[nH]c(C(C)C)cc1-2. The molecule has 1 heterocycles. The second kappa shape index (κ2) is 4.18. The highest BCUT2D eigenvalue weighted by Crippen LogP contribution is 2.51. The predicted octanol–water partition coefficient (Wildman–Crippen LogP) is 5.38. The van der Waals surface area contributed by atoms with E-state index < -0.39 is 5.92 Å². The molecule has 0 amide bonds. The molecule has 1 aliphatic rings. The van der Waals surface area contributed by atoms with Crippen LogP contribution in [0.4, 0.5) is 8.78 Å². The second-order valence-corrected chi connectivity index (χ2v) is 6.20. The van der Waals surface area contributed by atoms with E-state index >= 15 is 0 Å². The van der Waals surface area contributed by atoms with E-state index in [1.807, 2.05) is 45.9 Å². The Hall–Kier alpha value is -1.64. The third-order valence-corrected chi connectivity index (χ3v) is 4.11. The van der Waals surface area contributed by atoms with Crippen LogP contribution < -0.4 is 0 Å². The molecular formula is C17H19F2N. The smallest absolute Gasteiger partial charge is 0.314 e. The highest BCUT2D eigenvalue weighted by molar-refractivity contribution is 5.79. The Kier molecular flexibility index (Phi) is 2.79. The number of H-pyrrole nitrogens is 1. The van der Waals surface area contributed by atoms with E-state index in [1.165, 1.54) is 0 Å². The van der Waals surface area contributed by atoms with Crippen molar-refractivity contribution in [3.8, 4) is 11.1 Å². The molecule has 0 aliphatic heterocycles. The van der Waals surface area contributed by atoms with Gasteiger partial charge in [0.25, 0.3) is 0 Å². The van der Waals surface area contributed by atoms with Gasteiger partial charge in [0, 0.05) is 16.8 Å². The van der Waals surface area contributed by atoms with Crippen molar-refractivity contribution in [1.82, 2.24) is 4.98 Å². The maximum atomic E-state index is 14.6. The number of rotatable bonds is 2. The van der Waals surface area contributed by atoms with Gasteiger partial charge < -0.3 is 4.98 Å². The monoisotopic (exact) mass is 275 g/mol. The first-order chi connectivity index (χ1) is 9.32. The van der Waals surface area contributed by atoms with Crippen molar-refractivity contribution in [2.75, 3.05) is 0 Å². The highest BCUT2D eigenvalue weighted by atomic mass is 19.3. The Morgan fingerprint density at radius 3 is 2.25 bits per heavy atom. The molecule has 0 unspecified atom stereocenters. The molecule has 0 radical (unpaired) electrons. The molecule has 3 heteroatoms. The Morgan fingerprint density at radius 1 is 0.950 bits per heavy atom. The number of benzene rings is 1. The van der Waals surface area contributed by atoms with E-state index in [-0.39, 0.29) is 23.1 Å². The van der Waals surface area contributed by atoms with Crippen molar-refractivity contribution in [3.05, 3.63) is 46.8 Å². The Bertz CT molecular complexity index is 666. The van der Waals surface area contributed by atoms with Gasteiger partial charge in [-0.3, -0.25) is 0 Å². The van der Waals surface area contributed by atoms with Crippen molar-refractivity contribution in [3.63, 3.8) is 0 Å². The number of nitrogens with one attached hydrogen (secondary N) is 1. The number of fused-ring (bicyclic) bond motifs is 3. The number of hydrogen-bond donors (Lipinski definition) is 1. The molecule has 2 aromatic rings. The summed E-state index contributed by atoms with van der Waals surface area (Å²) in [6, 6.07) is 7.32. The molecule has 20 heavy (non-hydrogen) atoms. The average Bonchev–Trinajstić information content (AvgIpc) is 2.90. The Balaban J connectivity index is 2.20. The number of aromatic amines is 1. The molecule has 1 aliphatic carbocycles. The fourth-order valence-electron chi connectivity index (χ4n) is 2.80. The summed E-state index contributed by atoms with van der Waals surface area (Å²) in [4.78, 5) is 2.93. The minimum atomic E-state index is -2.91. The van der Waals surface area contributed by atoms with Gasteiger partial charge in [-0.1, -0.05) is 39.8 Å². The predicted molar refractivity (Wildman–Crippen MR) is 77.4 cm³/mol. The second-order valence-electron chi connectivity index (χ2n) is 6.20. The average molecular weight is 275 g/mol. The van der Waals surface area contributed by atoms with Crippen molar-refractivity contribution >= 4 is 0 Å². The first-order valence-corrected chi connectivity index (χ1v) is 7.08. The fraction of sp³-hybridized carbons (Fsp3) is 0.412. The van der Waals surface area contributed by atoms with Gasteiger partial charge in [-0.05, 0) is 35.1 Å². The van der Waals surface area contributed by atoms with E-state index in [0.29, 0.717) is 11.1 Å². The maximum Gasteiger partial charge on any atom is 0.314 e. The molecule has 1 nitrogen and oxygen atoms in total. The van der Waals surface area contributed by atoms with Crippen molar-refractivity contribution in [2.24, 2.45) is 0 Å². The lowest BCUT2D eigenvalue weighted by Gasteiger charge is -2.15. The molecule has 1 aromatic carbocycles. The molecule has 0 atom stereocenters. The van der Waals surface area contributed by atoms with E-state index in [1.54, 1.807) is 6.07 Å². The summed E-state index contributed by atoms with van der Waals surface area (Å²) in [6.07, 6.45) is 0. The van der Waals surface area contributed by atoms with Gasteiger partial charge >= 0.3 is 5.92 Å². The quantitative estimate of drug-likeness (QED) is 0.757. The van der Waals surface area contributed by atoms with Gasteiger partial charge in [0.2, 0.25) is 0 Å². The van der Waals surface area contributed by atoms with Crippen LogP contribution >= 0.6 is 0 Å². The van der Waals surface area contributed by atoms with Crippen LogP contribution in [0.5, 0.6) is 0 Å². The Labute approximate surface area is 118 Å². The number of alkyl halides is 2. The summed E-state index contributed by atoms with van der Waals surface area (Å²) in [5.74, 6) is -2.45. The number of hydrogen-bond acceptors (Lipinski definition) is 0. The molecule has 1 aromatic heterocycles. The zero-order valence-corrected chi connectivity index (χ0v) is 12.2. The van der Waals surface area contributed by atoms with Gasteiger partial charge in [0.15, 0.2) is 0 Å². The van der Waals surface area contributed by atoms with Gasteiger partial charge in [0.1, 0.15) is 0 Å². The van der Waals surface area contributed by atoms with Gasteiger partial charge in [-0.25, -0.2) is 0 Å². The van der Waals surface area contributed by atoms with E-state index in [0.717, 1.165) is 11.3 Å². The van der Waals surface area contributed by atoms with Crippen LogP contribution in [0.1, 0.15) is 62.0 Å². The van der Waals surface area contributed by atoms with Gasteiger partial charge in [-0.15, -0.1) is 0 Å². The van der Waals surface area contributed by atoms with Crippen LogP contribution in [0.3, 0.4) is 0 Å². The minimum absolute atomic E-state index is 0.0529. The standard InChI is InChI=1S/C17H19F2N/c1-9(2)11-5-6-12-13-8-15(10(3)4)20-16(13)17(18,19)14(12)7-11/h5-10,20H,1-4H3. The zero-order valence-electron chi connectivity index (χ0n) is 12.2. The van der Waals surface area contributed by atoms with E-state index in [4.69, 9.17) is 0 Å². The lowest BCUT2D eigenvalue weighted by Crippen LogP contribution is -2.13. The number of halogens is 2. The molecule has 3 rings (SSSR count). The van der Waals surface area contributed by atoms with Crippen LogP contribution in [0.2, 0.25) is 0 Å². The lowest BCUT2D eigenvalue weighted by molar-refractivity contribution is 0.0435. The summed E-state index contributed by atoms with van der Waals surface area (Å²) >= 11 is 0. The molecule has 0 spiro atoms. The van der Waals surface area contributed by atoms with Crippen molar-refractivity contribution in [1.29, 1.82) is 0 Å². The summed E-state index contributed by atoms with van der Waals surface area (Å²) in [5.41, 5.74) is 3.34. The van der Waals surface area contributed by atoms with Crippen LogP contribution in [-0.2, 0) is 5.92 Å². The molecule has 0 saturated carbocycles. The summed E-state index contributed by atoms with van der Waals surface area (Å²) < 4.78 is 29.2. The summed E-state index contributed by atoms with van der Waals surface area (Å²) in [7, 11) is 0. The van der Waals surface area contributed by atoms with Crippen LogP contribution in [0.15, 0.2) is 24.3 Å². The molecular weight excluding hydrogens is 256 g/mol. The Morgan fingerprint density at radius 2 is 1.65 bits per heavy atom. The number of aromatic nitrogens is 1. The highest BCUT2D eigenvalue weighted by Gasteiger charge is 2.46. The molecule has 0 saturated heterocycles. The van der Waals surface area contributed by atoms with Crippen LogP contribution in [-0.4, -0.2) is 4.98 Å². The van der Waals surface area contributed by atoms with Gasteiger partial charge in [0.05, 0.1) is 5.69 Å². The van der Waals surface area contributed by atoms with Crippen molar-refractivity contribution < 1.29 is 8.78 Å². The van der Waals surface area contributed by atoms with Crippen LogP contribution in [0.25, 0.3) is 11.1 Å². The third-order valence-electron chi connectivity index (χ3n) is 4.11. The van der Waals surface area contributed by atoms with Crippen LogP contribution in [0, 0.1) is 0 Å². The summed E-state index contributed by atoms with van der Waals surface area (Å²) in [6.45, 7) is 8.04. The first kappa shape index (κ1) is 13.3. The fourth-order valence-corrected chi connectivity index (χ4v) is 2.80. The largest absolute Gasteiger partial charge is 0.356 e. The minimum Gasteiger partial charge on any atom is -0.356 e. The topological polar surface area (TPSA) is 15.8 Å². The zero-order chi connectivity index (χ0) is 14.7. The van der Waals surface area contributed by atoms with Gasteiger partial charge in [-0.2, -0.15) is 8.78 Å². The van der Waals surface area contributed by atoms with E-state index in [2.05, 4.69) is 4.98 Å². The molecule has 0 bridgehead atoms. The maximum absolute atomic E-state index is 14.6. The molecule has 106 valence electrons. The first-order valence-electron chi connectivity index (χ1n) is 7.08. The van der Waals surface area contributed by atoms with Crippen molar-refractivity contribution in [2.45, 2.75) is 45.5 Å².